The van der Waals surface area contributed by atoms with Gasteiger partial charge in [-0.05, 0) is 42.3 Å². The van der Waals surface area contributed by atoms with Crippen LogP contribution < -0.4 is 5.32 Å². The molecule has 4 nitrogen and oxygen atoms in total. The summed E-state index contributed by atoms with van der Waals surface area (Å²) in [6.45, 7) is 1.56. The molecule has 0 spiro atoms. The molecule has 118 valence electrons. The lowest BCUT2D eigenvalue weighted by Gasteiger charge is -2.04. The Labute approximate surface area is 139 Å². The van der Waals surface area contributed by atoms with E-state index in [9.17, 15) is 9.59 Å². The molecule has 0 radical (unpaired) electrons. The molecular formula is C18H16ClNO3. The third-order valence-electron chi connectivity index (χ3n) is 3.01. The minimum absolute atomic E-state index is 0.341. The summed E-state index contributed by atoms with van der Waals surface area (Å²) in [5.74, 6) is -0.985. The first kappa shape index (κ1) is 16.8. The summed E-state index contributed by atoms with van der Waals surface area (Å²) in [5, 5.41) is 3.25. The van der Waals surface area contributed by atoms with Crippen LogP contribution in [-0.4, -0.2) is 18.5 Å². The number of hydrogen-bond donors (Lipinski definition) is 1. The molecule has 0 aliphatic heterocycles. The van der Waals surface area contributed by atoms with Gasteiger partial charge in [0.05, 0.1) is 0 Å². The van der Waals surface area contributed by atoms with Crippen LogP contribution in [0, 0.1) is 6.92 Å². The Balaban J connectivity index is 1.81. The molecule has 1 amide bonds. The zero-order valence-corrected chi connectivity index (χ0v) is 13.3. The zero-order valence-electron chi connectivity index (χ0n) is 12.6. The lowest BCUT2D eigenvalue weighted by Crippen LogP contribution is -2.20. The molecule has 2 aromatic rings. The van der Waals surface area contributed by atoms with Gasteiger partial charge in [-0.25, -0.2) is 4.79 Å². The molecule has 23 heavy (non-hydrogen) atoms. The molecule has 2 aromatic carbocycles. The van der Waals surface area contributed by atoms with Crippen LogP contribution in [0.4, 0.5) is 5.69 Å². The van der Waals surface area contributed by atoms with Gasteiger partial charge in [-0.15, -0.1) is 0 Å². The van der Waals surface area contributed by atoms with Gasteiger partial charge < -0.3 is 10.1 Å². The summed E-state index contributed by atoms with van der Waals surface area (Å²) >= 11 is 6.01. The SMILES string of the molecule is Cc1ccc(/C=C/C(=O)OCC(=O)Nc2ccccc2)cc1Cl. The van der Waals surface area contributed by atoms with Crippen molar-refractivity contribution >= 4 is 35.2 Å². The van der Waals surface area contributed by atoms with Crippen molar-refractivity contribution < 1.29 is 14.3 Å². The fraction of sp³-hybridized carbons (Fsp3) is 0.111. The molecule has 0 bridgehead atoms. The highest BCUT2D eigenvalue weighted by Crippen LogP contribution is 2.17. The monoisotopic (exact) mass is 329 g/mol. The lowest BCUT2D eigenvalue weighted by molar-refractivity contribution is -0.142. The number of carbonyl (C=O) groups is 2. The van der Waals surface area contributed by atoms with E-state index < -0.39 is 11.9 Å². The maximum absolute atomic E-state index is 11.6. The summed E-state index contributed by atoms with van der Waals surface area (Å²) in [6, 6.07) is 14.4. The molecule has 5 heteroatoms. The number of hydrogen-bond acceptors (Lipinski definition) is 3. The Kier molecular flexibility index (Phi) is 5.94. The first-order valence-electron chi connectivity index (χ1n) is 7.00. The van der Waals surface area contributed by atoms with Crippen LogP contribution in [0.1, 0.15) is 11.1 Å². The summed E-state index contributed by atoms with van der Waals surface area (Å²) in [4.78, 5) is 23.2. The number of halogens is 1. The Morgan fingerprint density at radius 1 is 1.17 bits per heavy atom. The average molecular weight is 330 g/mol. The molecule has 0 heterocycles. The van der Waals surface area contributed by atoms with Gasteiger partial charge in [0.2, 0.25) is 0 Å². The van der Waals surface area contributed by atoms with Gasteiger partial charge in [0.15, 0.2) is 6.61 Å². The summed E-state index contributed by atoms with van der Waals surface area (Å²) in [5.41, 5.74) is 2.40. The van der Waals surface area contributed by atoms with E-state index in [-0.39, 0.29) is 6.61 Å². The second-order valence-corrected chi connectivity index (χ2v) is 5.27. The van der Waals surface area contributed by atoms with E-state index in [1.807, 2.05) is 25.1 Å². The van der Waals surface area contributed by atoms with Crippen molar-refractivity contribution in [2.24, 2.45) is 0 Å². The maximum Gasteiger partial charge on any atom is 0.331 e. The van der Waals surface area contributed by atoms with Crippen LogP contribution in [-0.2, 0) is 14.3 Å². The van der Waals surface area contributed by atoms with E-state index in [0.29, 0.717) is 10.7 Å². The predicted molar refractivity (Wildman–Crippen MR) is 91.3 cm³/mol. The Bertz CT molecular complexity index is 726. The number of nitrogens with one attached hydrogen (secondary N) is 1. The Hall–Kier alpha value is -2.59. The lowest BCUT2D eigenvalue weighted by atomic mass is 10.1. The van der Waals surface area contributed by atoms with Crippen molar-refractivity contribution in [2.75, 3.05) is 11.9 Å². The topological polar surface area (TPSA) is 55.4 Å². The minimum Gasteiger partial charge on any atom is -0.452 e. The standard InChI is InChI=1S/C18H16ClNO3/c1-13-7-8-14(11-16(13)19)9-10-18(22)23-12-17(21)20-15-5-3-2-4-6-15/h2-11H,12H2,1H3,(H,20,21)/b10-9+. The van der Waals surface area contributed by atoms with E-state index >= 15 is 0 Å². The van der Waals surface area contributed by atoms with Crippen molar-refractivity contribution in [1.82, 2.24) is 0 Å². The van der Waals surface area contributed by atoms with Crippen LogP contribution in [0.15, 0.2) is 54.6 Å². The van der Waals surface area contributed by atoms with Gasteiger partial charge >= 0.3 is 5.97 Å². The van der Waals surface area contributed by atoms with Crippen LogP contribution in [0.2, 0.25) is 5.02 Å². The quantitative estimate of drug-likeness (QED) is 0.669. The molecule has 0 saturated heterocycles. The van der Waals surface area contributed by atoms with Crippen LogP contribution in [0.25, 0.3) is 6.08 Å². The molecule has 0 fully saturated rings. The van der Waals surface area contributed by atoms with Crippen molar-refractivity contribution in [2.45, 2.75) is 6.92 Å². The second-order valence-electron chi connectivity index (χ2n) is 4.86. The first-order chi connectivity index (χ1) is 11.0. The van der Waals surface area contributed by atoms with E-state index in [1.54, 1.807) is 36.4 Å². The van der Waals surface area contributed by atoms with Gasteiger partial charge in [0.25, 0.3) is 5.91 Å². The number of carbonyl (C=O) groups excluding carboxylic acids is 2. The molecule has 0 saturated carbocycles. The van der Waals surface area contributed by atoms with E-state index in [0.717, 1.165) is 11.1 Å². The maximum atomic E-state index is 11.6. The van der Waals surface area contributed by atoms with E-state index in [4.69, 9.17) is 16.3 Å². The molecule has 0 aromatic heterocycles. The number of esters is 1. The number of amides is 1. The van der Waals surface area contributed by atoms with E-state index in [2.05, 4.69) is 5.32 Å². The summed E-state index contributed by atoms with van der Waals surface area (Å²) < 4.78 is 4.88. The third kappa shape index (κ3) is 5.60. The van der Waals surface area contributed by atoms with E-state index in [1.165, 1.54) is 6.08 Å². The van der Waals surface area contributed by atoms with Gasteiger partial charge in [0.1, 0.15) is 0 Å². The Morgan fingerprint density at radius 2 is 1.91 bits per heavy atom. The molecule has 0 aliphatic rings. The van der Waals surface area contributed by atoms with Crippen molar-refractivity contribution in [3.63, 3.8) is 0 Å². The molecule has 0 unspecified atom stereocenters. The van der Waals surface area contributed by atoms with Crippen molar-refractivity contribution in [3.8, 4) is 0 Å². The van der Waals surface area contributed by atoms with Gasteiger partial charge in [-0.1, -0.05) is 41.9 Å². The highest BCUT2D eigenvalue weighted by molar-refractivity contribution is 6.31. The number of aryl methyl sites for hydroxylation is 1. The molecule has 0 atom stereocenters. The predicted octanol–water partition coefficient (Wildman–Crippen LogP) is 3.84. The minimum atomic E-state index is -0.593. The number of benzene rings is 2. The second kappa shape index (κ2) is 8.15. The fourth-order valence-corrected chi connectivity index (χ4v) is 1.97. The largest absolute Gasteiger partial charge is 0.452 e. The van der Waals surface area contributed by atoms with Gasteiger partial charge in [-0.3, -0.25) is 4.79 Å². The first-order valence-corrected chi connectivity index (χ1v) is 7.38. The smallest absolute Gasteiger partial charge is 0.331 e. The molecule has 1 N–H and O–H groups in total. The molecular weight excluding hydrogens is 314 g/mol. The van der Waals surface area contributed by atoms with Crippen molar-refractivity contribution in [3.05, 3.63) is 70.8 Å². The Morgan fingerprint density at radius 3 is 2.61 bits per heavy atom. The molecule has 0 aliphatic carbocycles. The highest BCUT2D eigenvalue weighted by atomic mass is 35.5. The summed E-state index contributed by atoms with van der Waals surface area (Å²) in [7, 11) is 0. The average Bonchev–Trinajstić information content (AvgIpc) is 2.55. The van der Waals surface area contributed by atoms with Gasteiger partial charge in [0, 0.05) is 16.8 Å². The number of para-hydroxylation sites is 1. The third-order valence-corrected chi connectivity index (χ3v) is 3.42. The normalized spacial score (nSPS) is 10.5. The number of ether oxygens (including phenoxy) is 1. The van der Waals surface area contributed by atoms with Gasteiger partial charge in [-0.2, -0.15) is 0 Å². The zero-order chi connectivity index (χ0) is 16.7. The highest BCUT2D eigenvalue weighted by Gasteiger charge is 2.05. The molecule has 2 rings (SSSR count). The number of anilines is 1. The van der Waals surface area contributed by atoms with Crippen molar-refractivity contribution in [1.29, 1.82) is 0 Å². The number of rotatable bonds is 5. The van der Waals surface area contributed by atoms with Crippen LogP contribution in [0.3, 0.4) is 0 Å². The van der Waals surface area contributed by atoms with Crippen LogP contribution in [0.5, 0.6) is 0 Å². The van der Waals surface area contributed by atoms with Crippen LogP contribution >= 0.6 is 11.6 Å². The summed E-state index contributed by atoms with van der Waals surface area (Å²) in [6.07, 6.45) is 2.85. The fourth-order valence-electron chi connectivity index (χ4n) is 1.78.